The van der Waals surface area contributed by atoms with Gasteiger partial charge < -0.3 is 9.47 Å². The molecule has 1 aliphatic carbocycles. The van der Waals surface area contributed by atoms with Gasteiger partial charge in [0.25, 0.3) is 0 Å². The minimum absolute atomic E-state index is 0.213. The second-order valence-corrected chi connectivity index (χ2v) is 5.64. The van der Waals surface area contributed by atoms with Crippen molar-refractivity contribution in [2.45, 2.75) is 56.8 Å². The van der Waals surface area contributed by atoms with E-state index < -0.39 is 0 Å². The summed E-state index contributed by atoms with van der Waals surface area (Å²) in [5.74, 6) is 0.166. The van der Waals surface area contributed by atoms with E-state index in [0.717, 1.165) is 19.4 Å². The fourth-order valence-electron chi connectivity index (χ4n) is 3.15. The third-order valence-corrected chi connectivity index (χ3v) is 4.38. The highest BCUT2D eigenvalue weighted by atomic mass is 16.7. The van der Waals surface area contributed by atoms with Gasteiger partial charge in [-0.2, -0.15) is 0 Å². The van der Waals surface area contributed by atoms with Crippen molar-refractivity contribution in [2.24, 2.45) is 0 Å². The van der Waals surface area contributed by atoms with Crippen LogP contribution in [0.2, 0.25) is 0 Å². The topological polar surface area (TPSA) is 18.5 Å². The van der Waals surface area contributed by atoms with E-state index in [2.05, 4.69) is 37.3 Å². The summed E-state index contributed by atoms with van der Waals surface area (Å²) in [6, 6.07) is 10.6. The molecule has 0 radical (unpaired) electrons. The molecule has 0 N–H and O–H groups in total. The standard InChI is InChI=1S/C16H22O2/c1-13(14-8-4-2-5-9-14)15-12-17-16(18-15)10-6-3-7-11-16/h2,4-5,8-9,13,15H,3,6-7,10-12H2,1H3. The van der Waals surface area contributed by atoms with Gasteiger partial charge in [0.15, 0.2) is 5.79 Å². The van der Waals surface area contributed by atoms with Crippen LogP contribution in [-0.2, 0) is 9.47 Å². The van der Waals surface area contributed by atoms with Gasteiger partial charge in [0.1, 0.15) is 0 Å². The molecular weight excluding hydrogens is 224 g/mol. The molecule has 1 saturated heterocycles. The first-order valence-electron chi connectivity index (χ1n) is 7.16. The Balaban J connectivity index is 1.68. The molecule has 1 aromatic rings. The average Bonchev–Trinajstić information content (AvgIpc) is 2.83. The second-order valence-electron chi connectivity index (χ2n) is 5.64. The lowest BCUT2D eigenvalue weighted by molar-refractivity contribution is -0.188. The maximum Gasteiger partial charge on any atom is 0.168 e. The van der Waals surface area contributed by atoms with Crippen LogP contribution >= 0.6 is 0 Å². The molecule has 3 rings (SSSR count). The Kier molecular flexibility index (Phi) is 3.40. The molecule has 2 unspecified atom stereocenters. The van der Waals surface area contributed by atoms with E-state index in [-0.39, 0.29) is 11.9 Å². The van der Waals surface area contributed by atoms with Gasteiger partial charge in [-0.25, -0.2) is 0 Å². The lowest BCUT2D eigenvalue weighted by Gasteiger charge is -2.32. The van der Waals surface area contributed by atoms with Gasteiger partial charge in [-0.05, 0) is 18.4 Å². The van der Waals surface area contributed by atoms with Gasteiger partial charge in [0.05, 0.1) is 12.7 Å². The highest BCUT2D eigenvalue weighted by Crippen LogP contribution is 2.40. The molecule has 0 aromatic heterocycles. The van der Waals surface area contributed by atoms with Gasteiger partial charge in [-0.3, -0.25) is 0 Å². The predicted molar refractivity (Wildman–Crippen MR) is 71.5 cm³/mol. The van der Waals surface area contributed by atoms with E-state index in [4.69, 9.17) is 9.47 Å². The van der Waals surface area contributed by atoms with Crippen molar-refractivity contribution >= 4 is 0 Å². The van der Waals surface area contributed by atoms with Crippen LogP contribution in [0.5, 0.6) is 0 Å². The molecule has 1 heterocycles. The van der Waals surface area contributed by atoms with Crippen molar-refractivity contribution in [1.82, 2.24) is 0 Å². The molecule has 98 valence electrons. The number of hydrogen-bond donors (Lipinski definition) is 0. The van der Waals surface area contributed by atoms with Gasteiger partial charge in [-0.15, -0.1) is 0 Å². The first-order valence-corrected chi connectivity index (χ1v) is 7.16. The minimum Gasteiger partial charge on any atom is -0.347 e. The van der Waals surface area contributed by atoms with Crippen molar-refractivity contribution in [3.05, 3.63) is 35.9 Å². The van der Waals surface area contributed by atoms with Crippen LogP contribution in [0, 0.1) is 0 Å². The van der Waals surface area contributed by atoms with Crippen LogP contribution in [0.25, 0.3) is 0 Å². The summed E-state index contributed by atoms with van der Waals surface area (Å²) in [5, 5.41) is 0. The lowest BCUT2D eigenvalue weighted by atomic mass is 9.93. The maximum absolute atomic E-state index is 6.28. The van der Waals surface area contributed by atoms with Gasteiger partial charge in [-0.1, -0.05) is 43.7 Å². The van der Waals surface area contributed by atoms with E-state index in [1.165, 1.54) is 24.8 Å². The summed E-state index contributed by atoms with van der Waals surface area (Å²) in [4.78, 5) is 0. The molecule has 2 atom stereocenters. The number of rotatable bonds is 2. The maximum atomic E-state index is 6.28. The molecule has 2 fully saturated rings. The Morgan fingerprint density at radius 2 is 1.83 bits per heavy atom. The van der Waals surface area contributed by atoms with Crippen LogP contribution in [0.15, 0.2) is 30.3 Å². The van der Waals surface area contributed by atoms with Crippen molar-refractivity contribution < 1.29 is 9.47 Å². The SMILES string of the molecule is CC(c1ccccc1)C1COC2(CCCCC2)O1. The summed E-state index contributed by atoms with van der Waals surface area (Å²) >= 11 is 0. The summed E-state index contributed by atoms with van der Waals surface area (Å²) in [6.07, 6.45) is 6.17. The monoisotopic (exact) mass is 246 g/mol. The average molecular weight is 246 g/mol. The highest BCUT2D eigenvalue weighted by Gasteiger charge is 2.43. The number of hydrogen-bond acceptors (Lipinski definition) is 2. The Morgan fingerprint density at radius 3 is 2.56 bits per heavy atom. The third kappa shape index (κ3) is 2.32. The zero-order chi connectivity index (χ0) is 12.4. The van der Waals surface area contributed by atoms with E-state index in [9.17, 15) is 0 Å². The molecule has 2 nitrogen and oxygen atoms in total. The largest absolute Gasteiger partial charge is 0.347 e. The van der Waals surface area contributed by atoms with E-state index in [0.29, 0.717) is 5.92 Å². The van der Waals surface area contributed by atoms with Crippen molar-refractivity contribution in [2.75, 3.05) is 6.61 Å². The molecule has 1 aliphatic heterocycles. The number of ether oxygens (including phenoxy) is 2. The summed E-state index contributed by atoms with van der Waals surface area (Å²) < 4.78 is 12.3. The van der Waals surface area contributed by atoms with E-state index in [1.807, 2.05) is 0 Å². The molecule has 0 bridgehead atoms. The predicted octanol–water partition coefficient (Wildman–Crippen LogP) is 3.87. The Morgan fingerprint density at radius 1 is 1.11 bits per heavy atom. The van der Waals surface area contributed by atoms with Crippen LogP contribution in [0.3, 0.4) is 0 Å². The quantitative estimate of drug-likeness (QED) is 0.788. The zero-order valence-electron chi connectivity index (χ0n) is 11.1. The lowest BCUT2D eigenvalue weighted by Crippen LogP contribution is -2.34. The normalized spacial score (nSPS) is 28.4. The fraction of sp³-hybridized carbons (Fsp3) is 0.625. The van der Waals surface area contributed by atoms with E-state index in [1.54, 1.807) is 0 Å². The Hall–Kier alpha value is -0.860. The van der Waals surface area contributed by atoms with Crippen LogP contribution in [0.1, 0.15) is 50.5 Å². The smallest absolute Gasteiger partial charge is 0.168 e. The van der Waals surface area contributed by atoms with E-state index >= 15 is 0 Å². The zero-order valence-corrected chi connectivity index (χ0v) is 11.1. The first kappa shape index (κ1) is 12.2. The molecule has 18 heavy (non-hydrogen) atoms. The van der Waals surface area contributed by atoms with Crippen LogP contribution < -0.4 is 0 Å². The van der Waals surface area contributed by atoms with Crippen molar-refractivity contribution in [3.63, 3.8) is 0 Å². The molecule has 1 aromatic carbocycles. The molecule has 0 amide bonds. The minimum atomic E-state index is -0.244. The third-order valence-electron chi connectivity index (χ3n) is 4.38. The van der Waals surface area contributed by atoms with Gasteiger partial charge in [0, 0.05) is 18.8 Å². The molecular formula is C16H22O2. The molecule has 2 aliphatic rings. The Labute approximate surface area is 109 Å². The highest BCUT2D eigenvalue weighted by molar-refractivity contribution is 5.20. The molecule has 1 spiro atoms. The number of benzene rings is 1. The fourth-order valence-corrected chi connectivity index (χ4v) is 3.15. The van der Waals surface area contributed by atoms with Crippen molar-refractivity contribution in [3.8, 4) is 0 Å². The van der Waals surface area contributed by atoms with Crippen LogP contribution in [0.4, 0.5) is 0 Å². The molecule has 1 saturated carbocycles. The van der Waals surface area contributed by atoms with Crippen LogP contribution in [-0.4, -0.2) is 18.5 Å². The Bertz CT molecular complexity index is 381. The summed E-state index contributed by atoms with van der Waals surface area (Å²) in [7, 11) is 0. The van der Waals surface area contributed by atoms with Gasteiger partial charge >= 0.3 is 0 Å². The summed E-state index contributed by atoms with van der Waals surface area (Å²) in [5.41, 5.74) is 1.35. The first-order chi connectivity index (χ1) is 8.79. The van der Waals surface area contributed by atoms with Crippen molar-refractivity contribution in [1.29, 1.82) is 0 Å². The van der Waals surface area contributed by atoms with Gasteiger partial charge in [0.2, 0.25) is 0 Å². The molecule has 2 heteroatoms. The summed E-state index contributed by atoms with van der Waals surface area (Å²) in [6.45, 7) is 2.99. The second kappa shape index (κ2) is 5.02.